The minimum Gasteiger partial charge on any atom is -0.394 e. The van der Waals surface area contributed by atoms with Gasteiger partial charge < -0.3 is 29.9 Å². The maximum Gasteiger partial charge on any atom is 0.187 e. The van der Waals surface area contributed by atoms with Gasteiger partial charge in [0.2, 0.25) is 0 Å². The highest BCUT2D eigenvalue weighted by Gasteiger charge is 2.45. The zero-order valence-corrected chi connectivity index (χ0v) is 10.4. The third-order valence-corrected chi connectivity index (χ3v) is 2.79. The van der Waals surface area contributed by atoms with Gasteiger partial charge in [-0.1, -0.05) is 0 Å². The molecule has 7 nitrogen and oxygen atoms in total. The molecule has 0 aliphatic carbocycles. The van der Waals surface area contributed by atoms with Crippen molar-refractivity contribution in [2.75, 3.05) is 6.61 Å². The number of nitrogens with zero attached hydrogens (tertiary/aromatic N) is 1. The second-order valence-corrected chi connectivity index (χ2v) is 4.91. The summed E-state index contributed by atoms with van der Waals surface area (Å²) in [7, 11) is 0. The van der Waals surface area contributed by atoms with E-state index in [1.54, 1.807) is 13.8 Å². The number of hydrogen-bond donors (Lipinski definition) is 4. The van der Waals surface area contributed by atoms with Crippen molar-refractivity contribution in [1.29, 1.82) is 5.26 Å². The van der Waals surface area contributed by atoms with Crippen molar-refractivity contribution in [3.8, 4) is 6.07 Å². The van der Waals surface area contributed by atoms with E-state index in [1.165, 1.54) is 0 Å². The van der Waals surface area contributed by atoms with Crippen LogP contribution in [0.2, 0.25) is 0 Å². The van der Waals surface area contributed by atoms with Crippen molar-refractivity contribution in [2.45, 2.75) is 56.6 Å². The van der Waals surface area contributed by atoms with E-state index >= 15 is 0 Å². The highest BCUT2D eigenvalue weighted by Crippen LogP contribution is 2.26. The average molecular weight is 261 g/mol. The number of nitriles is 1. The van der Waals surface area contributed by atoms with Crippen molar-refractivity contribution >= 4 is 0 Å². The quantitative estimate of drug-likeness (QED) is 0.485. The molecule has 1 aliphatic rings. The van der Waals surface area contributed by atoms with E-state index in [0.717, 1.165) is 0 Å². The normalized spacial score (nSPS) is 37.3. The summed E-state index contributed by atoms with van der Waals surface area (Å²) in [5.74, 6) is 0. The predicted octanol–water partition coefficient (Wildman–Crippen LogP) is -1.50. The van der Waals surface area contributed by atoms with Crippen molar-refractivity contribution in [3.05, 3.63) is 0 Å². The average Bonchev–Trinajstić information content (AvgIpc) is 2.29. The largest absolute Gasteiger partial charge is 0.394 e. The lowest BCUT2D eigenvalue weighted by Crippen LogP contribution is -2.60. The van der Waals surface area contributed by atoms with Gasteiger partial charge in [0.05, 0.1) is 24.7 Å². The van der Waals surface area contributed by atoms with Crippen molar-refractivity contribution in [2.24, 2.45) is 0 Å². The number of rotatable bonds is 4. The molecule has 18 heavy (non-hydrogen) atoms. The van der Waals surface area contributed by atoms with Crippen LogP contribution in [-0.2, 0) is 9.47 Å². The standard InChI is InChI=1S/C11H19NO6/c1-11(2,3-4-12)18-10-9(16)8(15)7(14)6(5-13)17-10/h6-10,13-16H,3,5H2,1-2H3/t6-,7-,8+,9-,10?/m1/s1. The van der Waals surface area contributed by atoms with Crippen LogP contribution in [0.5, 0.6) is 0 Å². The lowest BCUT2D eigenvalue weighted by atomic mass is 9.98. The molecule has 0 bridgehead atoms. The molecular formula is C11H19NO6. The van der Waals surface area contributed by atoms with Crippen LogP contribution in [0.4, 0.5) is 0 Å². The molecule has 104 valence electrons. The Balaban J connectivity index is 2.73. The first-order valence-corrected chi connectivity index (χ1v) is 5.67. The van der Waals surface area contributed by atoms with Crippen molar-refractivity contribution < 1.29 is 29.9 Å². The van der Waals surface area contributed by atoms with Crippen LogP contribution in [0, 0.1) is 11.3 Å². The molecule has 1 saturated heterocycles. The predicted molar refractivity (Wildman–Crippen MR) is 59.2 cm³/mol. The van der Waals surface area contributed by atoms with Crippen molar-refractivity contribution in [3.63, 3.8) is 0 Å². The molecule has 0 aromatic carbocycles. The van der Waals surface area contributed by atoms with Crippen LogP contribution in [-0.4, -0.2) is 63.3 Å². The van der Waals surface area contributed by atoms with E-state index in [2.05, 4.69) is 0 Å². The summed E-state index contributed by atoms with van der Waals surface area (Å²) in [5.41, 5.74) is -0.873. The summed E-state index contributed by atoms with van der Waals surface area (Å²) >= 11 is 0. The number of aliphatic hydroxyl groups is 4. The topological polar surface area (TPSA) is 123 Å². The second-order valence-electron chi connectivity index (χ2n) is 4.91. The van der Waals surface area contributed by atoms with Gasteiger partial charge in [0.1, 0.15) is 24.4 Å². The van der Waals surface area contributed by atoms with Crippen LogP contribution < -0.4 is 0 Å². The molecule has 5 atom stereocenters. The molecule has 0 spiro atoms. The van der Waals surface area contributed by atoms with Gasteiger partial charge in [0.25, 0.3) is 0 Å². The minimum absolute atomic E-state index is 0.0714. The van der Waals surface area contributed by atoms with Crippen LogP contribution in [0.3, 0.4) is 0 Å². The molecule has 1 heterocycles. The fourth-order valence-electron chi connectivity index (χ4n) is 1.71. The smallest absolute Gasteiger partial charge is 0.187 e. The molecular weight excluding hydrogens is 242 g/mol. The van der Waals surface area contributed by atoms with E-state index in [1.807, 2.05) is 6.07 Å². The lowest BCUT2D eigenvalue weighted by Gasteiger charge is -2.42. The zero-order chi connectivity index (χ0) is 13.9. The van der Waals surface area contributed by atoms with Gasteiger partial charge in [0, 0.05) is 0 Å². The molecule has 1 fully saturated rings. The SMILES string of the molecule is CC(C)(CC#N)OC1O[C@H](CO)[C@@H](O)[C@H](O)[C@H]1O. The molecule has 0 aromatic rings. The van der Waals surface area contributed by atoms with Crippen LogP contribution in [0.25, 0.3) is 0 Å². The first-order valence-electron chi connectivity index (χ1n) is 5.67. The third kappa shape index (κ3) is 3.38. The van der Waals surface area contributed by atoms with Gasteiger partial charge in [0.15, 0.2) is 6.29 Å². The molecule has 0 amide bonds. The Labute approximate surface area is 105 Å². The van der Waals surface area contributed by atoms with Gasteiger partial charge in [-0.15, -0.1) is 0 Å². The van der Waals surface area contributed by atoms with E-state index < -0.39 is 42.9 Å². The molecule has 0 aromatic heterocycles. The number of hydrogen-bond acceptors (Lipinski definition) is 7. The maximum absolute atomic E-state index is 9.73. The lowest BCUT2D eigenvalue weighted by molar-refractivity contribution is -0.322. The Bertz CT molecular complexity index is 313. The summed E-state index contributed by atoms with van der Waals surface area (Å²) < 4.78 is 10.6. The monoisotopic (exact) mass is 261 g/mol. The molecule has 0 radical (unpaired) electrons. The molecule has 1 unspecified atom stereocenters. The highest BCUT2D eigenvalue weighted by atomic mass is 16.7. The third-order valence-electron chi connectivity index (χ3n) is 2.79. The van der Waals surface area contributed by atoms with Crippen LogP contribution >= 0.6 is 0 Å². The van der Waals surface area contributed by atoms with Crippen LogP contribution in [0.1, 0.15) is 20.3 Å². The van der Waals surface area contributed by atoms with E-state index in [4.69, 9.17) is 19.8 Å². The summed E-state index contributed by atoms with van der Waals surface area (Å²) in [4.78, 5) is 0. The molecule has 4 N–H and O–H groups in total. The van der Waals surface area contributed by atoms with E-state index in [-0.39, 0.29) is 6.42 Å². The van der Waals surface area contributed by atoms with E-state index in [0.29, 0.717) is 0 Å². The Morgan fingerprint density at radius 2 is 1.83 bits per heavy atom. The minimum atomic E-state index is -1.47. The summed E-state index contributed by atoms with van der Waals surface area (Å²) in [6.45, 7) is 2.76. The maximum atomic E-state index is 9.73. The van der Waals surface area contributed by atoms with Gasteiger partial charge in [-0.25, -0.2) is 0 Å². The Hall–Kier alpha value is -0.750. The Morgan fingerprint density at radius 3 is 2.33 bits per heavy atom. The summed E-state index contributed by atoms with van der Waals surface area (Å²) in [6.07, 6.45) is -6.47. The van der Waals surface area contributed by atoms with E-state index in [9.17, 15) is 15.3 Å². The Morgan fingerprint density at radius 1 is 1.22 bits per heavy atom. The van der Waals surface area contributed by atoms with Gasteiger partial charge in [-0.05, 0) is 13.8 Å². The second kappa shape index (κ2) is 5.93. The van der Waals surface area contributed by atoms with Gasteiger partial charge >= 0.3 is 0 Å². The first kappa shape index (κ1) is 15.3. The van der Waals surface area contributed by atoms with Gasteiger partial charge in [-0.2, -0.15) is 5.26 Å². The summed E-state index contributed by atoms with van der Waals surface area (Å²) in [5, 5.41) is 46.5. The first-order chi connectivity index (χ1) is 8.32. The fraction of sp³-hybridized carbons (Fsp3) is 0.909. The highest BCUT2D eigenvalue weighted by molar-refractivity contribution is 4.91. The number of aliphatic hydroxyl groups excluding tert-OH is 4. The number of ether oxygens (including phenoxy) is 2. The molecule has 1 rings (SSSR count). The Kier molecular flexibility index (Phi) is 5.04. The summed E-state index contributed by atoms with van der Waals surface area (Å²) in [6, 6.07) is 1.93. The fourth-order valence-corrected chi connectivity index (χ4v) is 1.71. The van der Waals surface area contributed by atoms with Crippen LogP contribution in [0.15, 0.2) is 0 Å². The molecule has 1 aliphatic heterocycles. The molecule has 7 heteroatoms. The van der Waals surface area contributed by atoms with Crippen molar-refractivity contribution in [1.82, 2.24) is 0 Å². The molecule has 0 saturated carbocycles. The zero-order valence-electron chi connectivity index (χ0n) is 10.4. The van der Waals surface area contributed by atoms with Gasteiger partial charge in [-0.3, -0.25) is 0 Å².